The van der Waals surface area contributed by atoms with E-state index in [1.54, 1.807) is 24.5 Å². The molecule has 190 valence electrons. The number of esters is 1. The van der Waals surface area contributed by atoms with Gasteiger partial charge in [0.2, 0.25) is 0 Å². The number of aliphatic carboxylic acids is 1. The molecule has 0 spiro atoms. The van der Waals surface area contributed by atoms with E-state index in [2.05, 4.69) is 23.0 Å². The van der Waals surface area contributed by atoms with Crippen molar-refractivity contribution in [3.8, 4) is 0 Å². The molecule has 0 saturated heterocycles. The first-order valence-electron chi connectivity index (χ1n) is 13.2. The van der Waals surface area contributed by atoms with Crippen LogP contribution in [0.3, 0.4) is 0 Å². The van der Waals surface area contributed by atoms with Gasteiger partial charge in [0.25, 0.3) is 0 Å². The van der Waals surface area contributed by atoms with E-state index in [1.165, 1.54) is 0 Å². The highest BCUT2D eigenvalue weighted by Gasteiger charge is 2.83. The minimum Gasteiger partial charge on any atom is -0.481 e. The molecule has 7 heteroatoms. The van der Waals surface area contributed by atoms with Crippen molar-refractivity contribution in [3.05, 3.63) is 41.7 Å². The number of rotatable bonds is 7. The molecule has 0 amide bonds. The van der Waals surface area contributed by atoms with Crippen molar-refractivity contribution in [2.45, 2.75) is 52.9 Å². The van der Waals surface area contributed by atoms with Crippen LogP contribution in [0.2, 0.25) is 0 Å². The van der Waals surface area contributed by atoms with Gasteiger partial charge in [0, 0.05) is 5.41 Å². The fourth-order valence-electron chi connectivity index (χ4n) is 9.31. The molecule has 6 unspecified atom stereocenters. The number of imidazole rings is 1. The summed E-state index contributed by atoms with van der Waals surface area (Å²) in [5.74, 6) is -0.374. The van der Waals surface area contributed by atoms with Crippen LogP contribution < -0.4 is 0 Å². The fourth-order valence-corrected chi connectivity index (χ4v) is 9.31. The summed E-state index contributed by atoms with van der Waals surface area (Å²) in [5.41, 5.74) is 0.143. The highest BCUT2D eigenvalue weighted by molar-refractivity contribution is 5.93. The molecule has 6 rings (SSSR count). The molecule has 1 heterocycles. The lowest BCUT2D eigenvalue weighted by molar-refractivity contribution is -0.181. The van der Waals surface area contributed by atoms with E-state index < -0.39 is 28.2 Å². The Kier molecular flexibility index (Phi) is 5.06. The zero-order valence-electron chi connectivity index (χ0n) is 21.1. The Morgan fingerprint density at radius 1 is 1.28 bits per heavy atom. The van der Waals surface area contributed by atoms with Gasteiger partial charge in [-0.15, -0.1) is 0 Å². The lowest BCUT2D eigenvalue weighted by Crippen LogP contribution is -2.62. The number of ether oxygens (including phenoxy) is 1. The number of H-pyrrole nitrogens is 1. The van der Waals surface area contributed by atoms with Crippen LogP contribution >= 0.6 is 0 Å². The molecule has 4 aliphatic rings. The summed E-state index contributed by atoms with van der Waals surface area (Å²) in [6.07, 6.45) is 8.56. The quantitative estimate of drug-likeness (QED) is 0.320. The van der Waals surface area contributed by atoms with E-state index in [0.717, 1.165) is 42.2 Å². The van der Waals surface area contributed by atoms with Crippen LogP contribution in [-0.4, -0.2) is 39.9 Å². The molecule has 0 radical (unpaired) electrons. The van der Waals surface area contributed by atoms with Gasteiger partial charge in [-0.2, -0.15) is 0 Å². The van der Waals surface area contributed by atoms with E-state index >= 15 is 0 Å². The Labute approximate surface area is 210 Å². The third-order valence-corrected chi connectivity index (χ3v) is 10.6. The Morgan fingerprint density at radius 3 is 2.81 bits per heavy atom. The molecular formula is C29H34N2O5. The topological polar surface area (TPSA) is 109 Å². The third kappa shape index (κ3) is 2.64. The number of allylic oxidation sites excluding steroid dienone is 1. The van der Waals surface area contributed by atoms with E-state index in [4.69, 9.17) is 4.74 Å². The zero-order valence-corrected chi connectivity index (χ0v) is 21.1. The van der Waals surface area contributed by atoms with Gasteiger partial charge in [0.1, 0.15) is 11.7 Å². The first-order valence-corrected chi connectivity index (χ1v) is 13.2. The number of nitrogens with one attached hydrogen (secondary N) is 1. The number of carbonyl (C=O) groups excluding carboxylic acids is 2. The van der Waals surface area contributed by atoms with Gasteiger partial charge in [0.15, 0.2) is 0 Å². The van der Waals surface area contributed by atoms with Crippen molar-refractivity contribution in [1.82, 2.24) is 9.97 Å². The predicted molar refractivity (Wildman–Crippen MR) is 133 cm³/mol. The number of aromatic amines is 1. The standard InChI is InChI=1S/C29H34N2O5/c1-16(2)22-11-19-12-28(14-32)21-6-4-17(3)20(21)13-27(19,29(22,28)26(34)35)8-9-36-25(33)18-5-7-23-24(10-18)31-15-30-23/h5,7,10-11,14-17,19-21H,4,6,8-9,12-13H2,1-3H3,(H,30,31)(H,34,35)/t17-,19?,20?,21?,27?,28?,29?/m1/s1. The average molecular weight is 491 g/mol. The number of benzene rings is 1. The Morgan fingerprint density at radius 2 is 2.08 bits per heavy atom. The summed E-state index contributed by atoms with van der Waals surface area (Å²) in [5, 5.41) is 11.0. The number of carboxylic acids is 1. The number of hydrogen-bond donors (Lipinski definition) is 2. The fraction of sp³-hybridized carbons (Fsp3) is 0.586. The maximum Gasteiger partial charge on any atom is 0.338 e. The maximum atomic E-state index is 13.4. The minimum absolute atomic E-state index is 0.00838. The second-order valence-electron chi connectivity index (χ2n) is 12.0. The van der Waals surface area contributed by atoms with Crippen LogP contribution in [0, 0.1) is 45.8 Å². The van der Waals surface area contributed by atoms with Crippen LogP contribution in [0.5, 0.6) is 0 Å². The summed E-state index contributed by atoms with van der Waals surface area (Å²) in [4.78, 5) is 46.6. The van der Waals surface area contributed by atoms with Gasteiger partial charge >= 0.3 is 11.9 Å². The molecule has 0 aliphatic heterocycles. The van der Waals surface area contributed by atoms with Gasteiger partial charge in [0.05, 0.1) is 34.9 Å². The monoisotopic (exact) mass is 490 g/mol. The maximum absolute atomic E-state index is 13.4. The Hall–Kier alpha value is -2.96. The van der Waals surface area contributed by atoms with E-state index in [-0.39, 0.29) is 24.4 Å². The van der Waals surface area contributed by atoms with E-state index in [9.17, 15) is 19.5 Å². The highest BCUT2D eigenvalue weighted by Crippen LogP contribution is 2.83. The molecule has 1 aromatic carbocycles. The number of aldehydes is 1. The highest BCUT2D eigenvalue weighted by atomic mass is 16.5. The largest absolute Gasteiger partial charge is 0.481 e. The summed E-state index contributed by atoms with van der Waals surface area (Å²) in [7, 11) is 0. The van der Waals surface area contributed by atoms with Crippen molar-refractivity contribution in [3.63, 3.8) is 0 Å². The molecule has 3 saturated carbocycles. The number of nitrogens with zero attached hydrogens (tertiary/aromatic N) is 1. The SMILES string of the molecule is CC(C)C1=CC2CC3(C=O)C4CC[C@@H](C)C4CC2(CCOC(=O)c2ccc4nc[nH]c4c2)C13C(=O)O. The van der Waals surface area contributed by atoms with Gasteiger partial charge in [-0.1, -0.05) is 38.8 Å². The first kappa shape index (κ1) is 23.4. The smallest absolute Gasteiger partial charge is 0.338 e. The molecule has 7 atom stereocenters. The summed E-state index contributed by atoms with van der Waals surface area (Å²) < 4.78 is 5.77. The van der Waals surface area contributed by atoms with Crippen molar-refractivity contribution < 1.29 is 24.2 Å². The van der Waals surface area contributed by atoms with E-state index in [1.807, 2.05) is 13.8 Å². The molecule has 7 nitrogen and oxygen atoms in total. The molecular weight excluding hydrogens is 456 g/mol. The van der Waals surface area contributed by atoms with Gasteiger partial charge in [-0.05, 0) is 73.5 Å². The average Bonchev–Trinajstić information content (AvgIpc) is 3.58. The second-order valence-corrected chi connectivity index (χ2v) is 12.0. The summed E-state index contributed by atoms with van der Waals surface area (Å²) in [6.45, 7) is 6.46. The van der Waals surface area contributed by atoms with Crippen molar-refractivity contribution in [1.29, 1.82) is 0 Å². The van der Waals surface area contributed by atoms with Crippen LogP contribution in [0.1, 0.15) is 63.2 Å². The molecule has 1 aromatic heterocycles. The number of fused-ring (bicyclic) bond motifs is 3. The van der Waals surface area contributed by atoms with Crippen LogP contribution in [0.4, 0.5) is 0 Å². The lowest BCUT2D eigenvalue weighted by Gasteiger charge is -2.58. The zero-order chi connectivity index (χ0) is 25.5. The van der Waals surface area contributed by atoms with Crippen LogP contribution in [-0.2, 0) is 14.3 Å². The van der Waals surface area contributed by atoms with Crippen LogP contribution in [0.15, 0.2) is 36.2 Å². The minimum atomic E-state index is -1.23. The Balaban J connectivity index is 1.36. The predicted octanol–water partition coefficient (Wildman–Crippen LogP) is 5.03. The Bertz CT molecular complexity index is 1300. The van der Waals surface area contributed by atoms with Crippen molar-refractivity contribution in [2.24, 2.45) is 45.8 Å². The third-order valence-electron chi connectivity index (χ3n) is 10.6. The molecule has 4 bridgehead atoms. The van der Waals surface area contributed by atoms with Crippen molar-refractivity contribution in [2.75, 3.05) is 6.61 Å². The summed E-state index contributed by atoms with van der Waals surface area (Å²) >= 11 is 0. The molecule has 2 aromatic rings. The normalized spacial score (nSPS) is 38.3. The lowest BCUT2D eigenvalue weighted by atomic mass is 9.42. The summed E-state index contributed by atoms with van der Waals surface area (Å²) in [6, 6.07) is 5.20. The number of carbonyl (C=O) groups is 3. The van der Waals surface area contributed by atoms with E-state index in [0.29, 0.717) is 30.2 Å². The molecule has 3 fully saturated rings. The molecule has 36 heavy (non-hydrogen) atoms. The molecule has 4 aliphatic carbocycles. The molecule has 2 N–H and O–H groups in total. The number of carboxylic acid groups (broad SMARTS) is 1. The van der Waals surface area contributed by atoms with Gasteiger partial charge in [-0.3, -0.25) is 4.79 Å². The number of hydrogen-bond acceptors (Lipinski definition) is 5. The van der Waals surface area contributed by atoms with Gasteiger partial charge < -0.3 is 19.6 Å². The van der Waals surface area contributed by atoms with Crippen molar-refractivity contribution >= 4 is 29.3 Å². The second kappa shape index (κ2) is 7.77. The van der Waals surface area contributed by atoms with Crippen LogP contribution in [0.25, 0.3) is 11.0 Å². The van der Waals surface area contributed by atoms with Gasteiger partial charge in [-0.25, -0.2) is 9.78 Å². The first-order chi connectivity index (χ1) is 17.2. The number of aromatic nitrogens is 2.